The average Bonchev–Trinajstić information content (AvgIpc) is 2.67. The fourth-order valence-electron chi connectivity index (χ4n) is 3.58. The zero-order chi connectivity index (χ0) is 16.6. The lowest BCUT2D eigenvalue weighted by Crippen LogP contribution is -2.48. The average molecular weight is 330 g/mol. The summed E-state index contributed by atoms with van der Waals surface area (Å²) >= 11 is 0. The molecule has 2 aliphatic rings. The summed E-state index contributed by atoms with van der Waals surface area (Å²) in [6, 6.07) is 10.7. The molecule has 1 amide bonds. The monoisotopic (exact) mass is 330 g/mol. The number of carbonyl (C=O) groups is 1. The Labute approximate surface area is 145 Å². The number of hydrogen-bond acceptors (Lipinski definition) is 4. The number of piperidine rings is 1. The van der Waals surface area contributed by atoms with Gasteiger partial charge in [0.1, 0.15) is 0 Å². The van der Waals surface area contributed by atoms with E-state index in [2.05, 4.69) is 50.8 Å². The first kappa shape index (κ1) is 17.2. The van der Waals surface area contributed by atoms with Gasteiger partial charge in [0.25, 0.3) is 0 Å². The van der Waals surface area contributed by atoms with Crippen molar-refractivity contribution in [1.82, 2.24) is 15.5 Å². The fourth-order valence-corrected chi connectivity index (χ4v) is 3.58. The Morgan fingerprint density at radius 3 is 2.62 bits per heavy atom. The molecule has 5 nitrogen and oxygen atoms in total. The van der Waals surface area contributed by atoms with Crippen molar-refractivity contribution in [2.45, 2.75) is 31.7 Å². The number of nitrogens with zero attached hydrogens (tertiary/aromatic N) is 2. The van der Waals surface area contributed by atoms with E-state index in [0.717, 1.165) is 65.1 Å². The van der Waals surface area contributed by atoms with Gasteiger partial charge in [-0.15, -0.1) is 0 Å². The maximum Gasteiger partial charge on any atom is 0.237 e. The number of anilines is 1. The van der Waals surface area contributed by atoms with Gasteiger partial charge in [-0.2, -0.15) is 0 Å². The molecule has 0 saturated carbocycles. The molecule has 3 rings (SSSR count). The Bertz CT molecular complexity index is 493. The summed E-state index contributed by atoms with van der Waals surface area (Å²) in [6.07, 6.45) is 4.37. The van der Waals surface area contributed by atoms with Crippen LogP contribution in [-0.4, -0.2) is 62.7 Å². The number of carbonyl (C=O) groups excluding carboxylic acids is 1. The smallest absolute Gasteiger partial charge is 0.237 e. The molecule has 1 atom stereocenters. The summed E-state index contributed by atoms with van der Waals surface area (Å²) in [7, 11) is 0. The lowest BCUT2D eigenvalue weighted by Gasteiger charge is -2.36. The Balaban J connectivity index is 1.29. The highest BCUT2D eigenvalue weighted by Gasteiger charge is 2.20. The molecule has 0 aromatic heterocycles. The molecule has 0 bridgehead atoms. The van der Waals surface area contributed by atoms with Crippen LogP contribution < -0.4 is 15.5 Å². The van der Waals surface area contributed by atoms with E-state index in [9.17, 15) is 4.79 Å². The highest BCUT2D eigenvalue weighted by atomic mass is 16.2. The van der Waals surface area contributed by atoms with E-state index in [-0.39, 0.29) is 11.9 Å². The molecule has 1 aromatic carbocycles. The maximum atomic E-state index is 12.1. The minimum atomic E-state index is 0.0353. The molecule has 0 unspecified atom stereocenters. The highest BCUT2D eigenvalue weighted by Crippen LogP contribution is 2.15. The van der Waals surface area contributed by atoms with E-state index >= 15 is 0 Å². The third-order valence-electron chi connectivity index (χ3n) is 5.07. The Kier molecular flexibility index (Phi) is 6.49. The molecular weight excluding hydrogens is 300 g/mol. The second kappa shape index (κ2) is 9.04. The van der Waals surface area contributed by atoms with Gasteiger partial charge in [0, 0.05) is 38.4 Å². The van der Waals surface area contributed by atoms with Gasteiger partial charge >= 0.3 is 0 Å². The van der Waals surface area contributed by atoms with E-state index in [0.29, 0.717) is 0 Å². The van der Waals surface area contributed by atoms with Gasteiger partial charge in [0.05, 0.1) is 6.04 Å². The van der Waals surface area contributed by atoms with Crippen molar-refractivity contribution in [3.8, 4) is 0 Å². The van der Waals surface area contributed by atoms with E-state index in [1.165, 1.54) is 12.1 Å². The molecular formula is C19H30N4O. The van der Waals surface area contributed by atoms with Crippen LogP contribution in [-0.2, 0) is 4.79 Å². The summed E-state index contributed by atoms with van der Waals surface area (Å²) in [5.74, 6) is 0.184. The summed E-state index contributed by atoms with van der Waals surface area (Å²) in [4.78, 5) is 17.0. The second-order valence-electron chi connectivity index (χ2n) is 6.81. The lowest BCUT2D eigenvalue weighted by atomic mass is 10.0. The molecule has 132 valence electrons. The Morgan fingerprint density at radius 1 is 1.12 bits per heavy atom. The fraction of sp³-hybridized carbons (Fsp3) is 0.632. The first-order chi connectivity index (χ1) is 11.8. The van der Waals surface area contributed by atoms with Crippen LogP contribution in [0, 0.1) is 0 Å². The molecule has 2 fully saturated rings. The molecule has 2 aliphatic heterocycles. The number of para-hydroxylation sites is 1. The number of amides is 1. The molecule has 2 saturated heterocycles. The Morgan fingerprint density at radius 2 is 1.92 bits per heavy atom. The predicted molar refractivity (Wildman–Crippen MR) is 98.4 cm³/mol. The highest BCUT2D eigenvalue weighted by molar-refractivity contribution is 5.81. The SMILES string of the molecule is O=C(NCCCN1CCN(c2ccccc2)CC1)[C@H]1CCCCN1. The van der Waals surface area contributed by atoms with Crippen LogP contribution in [0.4, 0.5) is 5.69 Å². The molecule has 0 spiro atoms. The minimum absolute atomic E-state index is 0.0353. The predicted octanol–water partition coefficient (Wildman–Crippen LogP) is 1.46. The number of hydrogen-bond donors (Lipinski definition) is 2. The van der Waals surface area contributed by atoms with E-state index in [1.807, 2.05) is 0 Å². The largest absolute Gasteiger partial charge is 0.369 e. The molecule has 0 radical (unpaired) electrons. The first-order valence-corrected chi connectivity index (χ1v) is 9.36. The number of nitrogens with one attached hydrogen (secondary N) is 2. The molecule has 2 heterocycles. The molecule has 24 heavy (non-hydrogen) atoms. The van der Waals surface area contributed by atoms with Crippen LogP contribution in [0.3, 0.4) is 0 Å². The third-order valence-corrected chi connectivity index (χ3v) is 5.07. The quantitative estimate of drug-likeness (QED) is 0.775. The van der Waals surface area contributed by atoms with Crippen LogP contribution in [0.5, 0.6) is 0 Å². The van der Waals surface area contributed by atoms with Gasteiger partial charge in [-0.05, 0) is 44.5 Å². The van der Waals surface area contributed by atoms with Gasteiger partial charge in [0.2, 0.25) is 5.91 Å². The van der Waals surface area contributed by atoms with Crippen molar-refractivity contribution in [2.75, 3.05) is 50.7 Å². The topological polar surface area (TPSA) is 47.6 Å². The number of benzene rings is 1. The van der Waals surface area contributed by atoms with Crippen LogP contribution in [0.15, 0.2) is 30.3 Å². The van der Waals surface area contributed by atoms with Crippen LogP contribution in [0.2, 0.25) is 0 Å². The number of piperazine rings is 1. The van der Waals surface area contributed by atoms with Crippen molar-refractivity contribution in [3.05, 3.63) is 30.3 Å². The molecule has 0 aliphatic carbocycles. The van der Waals surface area contributed by atoms with Crippen molar-refractivity contribution >= 4 is 11.6 Å². The summed E-state index contributed by atoms with van der Waals surface area (Å²) in [5, 5.41) is 6.39. The first-order valence-electron chi connectivity index (χ1n) is 9.36. The van der Waals surface area contributed by atoms with Crippen molar-refractivity contribution < 1.29 is 4.79 Å². The Hall–Kier alpha value is -1.59. The molecule has 2 N–H and O–H groups in total. The summed E-state index contributed by atoms with van der Waals surface area (Å²) in [6.45, 7) is 7.21. The minimum Gasteiger partial charge on any atom is -0.369 e. The second-order valence-corrected chi connectivity index (χ2v) is 6.81. The van der Waals surface area contributed by atoms with E-state index in [1.54, 1.807) is 0 Å². The molecule has 1 aromatic rings. The summed E-state index contributed by atoms with van der Waals surface area (Å²) in [5.41, 5.74) is 1.32. The standard InChI is InChI=1S/C19H30N4O/c24-19(18-9-4-5-10-20-18)21-11-6-12-22-13-15-23(16-14-22)17-7-2-1-3-8-17/h1-3,7-8,18,20H,4-6,9-16H2,(H,21,24)/t18-/m1/s1. The summed E-state index contributed by atoms with van der Waals surface area (Å²) < 4.78 is 0. The zero-order valence-electron chi connectivity index (χ0n) is 14.5. The van der Waals surface area contributed by atoms with Crippen molar-refractivity contribution in [1.29, 1.82) is 0 Å². The van der Waals surface area contributed by atoms with Crippen molar-refractivity contribution in [3.63, 3.8) is 0 Å². The van der Waals surface area contributed by atoms with Crippen LogP contribution in [0.1, 0.15) is 25.7 Å². The van der Waals surface area contributed by atoms with Crippen LogP contribution in [0.25, 0.3) is 0 Å². The van der Waals surface area contributed by atoms with Gasteiger partial charge < -0.3 is 15.5 Å². The molecule has 5 heteroatoms. The maximum absolute atomic E-state index is 12.1. The lowest BCUT2D eigenvalue weighted by molar-refractivity contribution is -0.123. The van der Waals surface area contributed by atoms with Gasteiger partial charge in [0.15, 0.2) is 0 Å². The van der Waals surface area contributed by atoms with E-state index < -0.39 is 0 Å². The zero-order valence-corrected chi connectivity index (χ0v) is 14.5. The van der Waals surface area contributed by atoms with Crippen LogP contribution >= 0.6 is 0 Å². The third kappa shape index (κ3) is 4.95. The van der Waals surface area contributed by atoms with E-state index in [4.69, 9.17) is 0 Å². The number of rotatable bonds is 6. The van der Waals surface area contributed by atoms with Gasteiger partial charge in [-0.25, -0.2) is 0 Å². The van der Waals surface area contributed by atoms with Crippen molar-refractivity contribution in [2.24, 2.45) is 0 Å². The normalized spacial score (nSPS) is 22.3. The van der Waals surface area contributed by atoms with Gasteiger partial charge in [-0.3, -0.25) is 9.69 Å². The van der Waals surface area contributed by atoms with Gasteiger partial charge in [-0.1, -0.05) is 24.6 Å².